The SMILES string of the molecule is NC(=S)c1ccc(N2CCCCCCC2)c2ccccc12. The molecule has 0 saturated carbocycles. The van der Waals surface area contributed by atoms with Crippen LogP contribution < -0.4 is 10.6 Å². The number of anilines is 1. The first-order valence-corrected chi connectivity index (χ1v) is 8.25. The Labute approximate surface area is 131 Å². The van der Waals surface area contributed by atoms with E-state index in [2.05, 4.69) is 41.3 Å². The van der Waals surface area contributed by atoms with Crippen molar-refractivity contribution in [3.63, 3.8) is 0 Å². The lowest BCUT2D eigenvalue weighted by Crippen LogP contribution is -2.27. The third-order valence-corrected chi connectivity index (χ3v) is 4.58. The van der Waals surface area contributed by atoms with Crippen LogP contribution in [-0.4, -0.2) is 18.1 Å². The van der Waals surface area contributed by atoms with Crippen molar-refractivity contribution in [1.82, 2.24) is 0 Å². The Morgan fingerprint density at radius 1 is 0.857 bits per heavy atom. The number of nitrogens with zero attached hydrogens (tertiary/aromatic N) is 1. The van der Waals surface area contributed by atoms with Gasteiger partial charge in [-0.15, -0.1) is 0 Å². The lowest BCUT2D eigenvalue weighted by atomic mass is 10.0. The van der Waals surface area contributed by atoms with Crippen LogP contribution in [0.5, 0.6) is 0 Å². The van der Waals surface area contributed by atoms with Crippen molar-refractivity contribution in [3.8, 4) is 0 Å². The largest absolute Gasteiger partial charge is 0.389 e. The molecule has 3 rings (SSSR count). The van der Waals surface area contributed by atoms with E-state index in [9.17, 15) is 0 Å². The van der Waals surface area contributed by atoms with Gasteiger partial charge >= 0.3 is 0 Å². The first-order valence-electron chi connectivity index (χ1n) is 7.84. The predicted molar refractivity (Wildman–Crippen MR) is 95.1 cm³/mol. The first-order chi connectivity index (χ1) is 10.3. The molecule has 2 aromatic carbocycles. The summed E-state index contributed by atoms with van der Waals surface area (Å²) in [6.45, 7) is 2.30. The van der Waals surface area contributed by atoms with Gasteiger partial charge < -0.3 is 10.6 Å². The smallest absolute Gasteiger partial charge is 0.104 e. The summed E-state index contributed by atoms with van der Waals surface area (Å²) < 4.78 is 0. The number of rotatable bonds is 2. The fourth-order valence-electron chi connectivity index (χ4n) is 3.26. The van der Waals surface area contributed by atoms with Crippen molar-refractivity contribution in [2.75, 3.05) is 18.0 Å². The van der Waals surface area contributed by atoms with Crippen LogP contribution in [0.15, 0.2) is 36.4 Å². The lowest BCUT2D eigenvalue weighted by Gasteiger charge is -2.28. The first kappa shape index (κ1) is 14.3. The Bertz CT molecular complexity index is 643. The van der Waals surface area contributed by atoms with Crippen LogP contribution in [0, 0.1) is 0 Å². The molecule has 0 aromatic heterocycles. The van der Waals surface area contributed by atoms with Crippen LogP contribution in [0.1, 0.15) is 37.7 Å². The lowest BCUT2D eigenvalue weighted by molar-refractivity contribution is 0.557. The fraction of sp³-hybridized carbons (Fsp3) is 0.389. The van der Waals surface area contributed by atoms with Gasteiger partial charge in [0.05, 0.1) is 0 Å². The van der Waals surface area contributed by atoms with Crippen molar-refractivity contribution in [3.05, 3.63) is 42.0 Å². The molecule has 2 nitrogen and oxygen atoms in total. The van der Waals surface area contributed by atoms with E-state index in [1.807, 2.05) is 0 Å². The normalized spacial score (nSPS) is 16.5. The Hall–Kier alpha value is -1.61. The molecule has 1 aliphatic rings. The van der Waals surface area contributed by atoms with Crippen LogP contribution in [0.25, 0.3) is 10.8 Å². The second-order valence-electron chi connectivity index (χ2n) is 5.80. The van der Waals surface area contributed by atoms with Crippen LogP contribution >= 0.6 is 12.2 Å². The molecule has 1 fully saturated rings. The Morgan fingerprint density at radius 2 is 1.48 bits per heavy atom. The van der Waals surface area contributed by atoms with Crippen LogP contribution in [0.2, 0.25) is 0 Å². The summed E-state index contributed by atoms with van der Waals surface area (Å²) in [5, 5.41) is 2.44. The minimum absolute atomic E-state index is 0.477. The highest BCUT2D eigenvalue weighted by atomic mass is 32.1. The highest BCUT2D eigenvalue weighted by Gasteiger charge is 2.14. The van der Waals surface area contributed by atoms with Gasteiger partial charge in [-0.05, 0) is 30.4 Å². The summed E-state index contributed by atoms with van der Waals surface area (Å²) in [4.78, 5) is 3.01. The van der Waals surface area contributed by atoms with E-state index in [4.69, 9.17) is 18.0 Å². The molecule has 0 spiro atoms. The number of benzene rings is 2. The molecule has 2 aromatic rings. The van der Waals surface area contributed by atoms with E-state index in [-0.39, 0.29) is 0 Å². The maximum absolute atomic E-state index is 5.87. The van der Waals surface area contributed by atoms with E-state index < -0.39 is 0 Å². The van der Waals surface area contributed by atoms with Gasteiger partial charge in [0, 0.05) is 29.7 Å². The zero-order valence-electron chi connectivity index (χ0n) is 12.3. The molecular weight excluding hydrogens is 276 g/mol. The summed E-state index contributed by atoms with van der Waals surface area (Å²) in [7, 11) is 0. The standard InChI is InChI=1S/C18H22N2S/c19-18(21)16-10-11-17(15-9-5-4-8-14(15)16)20-12-6-2-1-3-7-13-20/h4-5,8-11H,1-3,6-7,12-13H2,(H2,19,21). The molecule has 0 radical (unpaired) electrons. The van der Waals surface area contributed by atoms with Gasteiger partial charge in [0.1, 0.15) is 4.99 Å². The van der Waals surface area contributed by atoms with Gasteiger partial charge in [-0.25, -0.2) is 0 Å². The Kier molecular flexibility index (Phi) is 4.39. The molecule has 3 heteroatoms. The van der Waals surface area contributed by atoms with Gasteiger partial charge in [-0.1, -0.05) is 55.7 Å². The summed E-state index contributed by atoms with van der Waals surface area (Å²) >= 11 is 5.19. The van der Waals surface area contributed by atoms with Gasteiger partial charge in [0.15, 0.2) is 0 Å². The van der Waals surface area contributed by atoms with Crippen molar-refractivity contribution in [1.29, 1.82) is 0 Å². The summed E-state index contributed by atoms with van der Waals surface area (Å²) in [6, 6.07) is 12.7. The second kappa shape index (κ2) is 6.44. The molecule has 110 valence electrons. The zero-order chi connectivity index (χ0) is 14.7. The maximum atomic E-state index is 5.87. The van der Waals surface area contributed by atoms with Crippen molar-refractivity contribution in [2.45, 2.75) is 32.1 Å². The van der Waals surface area contributed by atoms with E-state index in [0.717, 1.165) is 18.7 Å². The minimum atomic E-state index is 0.477. The Balaban J connectivity index is 2.06. The number of hydrogen-bond acceptors (Lipinski definition) is 2. The quantitative estimate of drug-likeness (QED) is 0.841. The van der Waals surface area contributed by atoms with Gasteiger partial charge in [0.2, 0.25) is 0 Å². The highest BCUT2D eigenvalue weighted by Crippen LogP contribution is 2.30. The maximum Gasteiger partial charge on any atom is 0.104 e. The molecule has 0 bridgehead atoms. The third kappa shape index (κ3) is 3.03. The number of nitrogens with two attached hydrogens (primary N) is 1. The molecule has 21 heavy (non-hydrogen) atoms. The van der Waals surface area contributed by atoms with Crippen LogP contribution in [0.3, 0.4) is 0 Å². The minimum Gasteiger partial charge on any atom is -0.389 e. The average molecular weight is 298 g/mol. The molecule has 0 atom stereocenters. The molecule has 1 heterocycles. The van der Waals surface area contributed by atoms with Gasteiger partial charge in [-0.2, -0.15) is 0 Å². The monoisotopic (exact) mass is 298 g/mol. The number of hydrogen-bond donors (Lipinski definition) is 1. The topological polar surface area (TPSA) is 29.3 Å². The molecular formula is C18H22N2S. The molecule has 0 amide bonds. The predicted octanol–water partition coefficient (Wildman–Crippen LogP) is 4.24. The number of fused-ring (bicyclic) bond motifs is 1. The van der Waals surface area contributed by atoms with Gasteiger partial charge in [0.25, 0.3) is 0 Å². The highest BCUT2D eigenvalue weighted by molar-refractivity contribution is 7.80. The number of thiocarbonyl (C=S) groups is 1. The van der Waals surface area contributed by atoms with E-state index >= 15 is 0 Å². The third-order valence-electron chi connectivity index (χ3n) is 4.36. The summed E-state index contributed by atoms with van der Waals surface area (Å²) in [5.41, 5.74) is 8.18. The van der Waals surface area contributed by atoms with Gasteiger partial charge in [-0.3, -0.25) is 0 Å². The average Bonchev–Trinajstić information content (AvgIpc) is 2.46. The van der Waals surface area contributed by atoms with E-state index in [1.54, 1.807) is 0 Å². The summed E-state index contributed by atoms with van der Waals surface area (Å²) in [6.07, 6.45) is 6.64. The molecule has 0 unspecified atom stereocenters. The van der Waals surface area contributed by atoms with Crippen molar-refractivity contribution in [2.24, 2.45) is 5.73 Å². The Morgan fingerprint density at radius 3 is 2.14 bits per heavy atom. The second-order valence-corrected chi connectivity index (χ2v) is 6.24. The fourth-order valence-corrected chi connectivity index (χ4v) is 3.44. The molecule has 1 saturated heterocycles. The van der Waals surface area contributed by atoms with Crippen LogP contribution in [0.4, 0.5) is 5.69 Å². The van der Waals surface area contributed by atoms with Crippen LogP contribution in [-0.2, 0) is 0 Å². The van der Waals surface area contributed by atoms with Crippen molar-refractivity contribution >= 4 is 33.7 Å². The molecule has 1 aliphatic heterocycles. The summed E-state index contributed by atoms with van der Waals surface area (Å²) in [5.74, 6) is 0. The van der Waals surface area contributed by atoms with E-state index in [0.29, 0.717) is 4.99 Å². The molecule has 2 N–H and O–H groups in total. The van der Waals surface area contributed by atoms with Crippen molar-refractivity contribution < 1.29 is 0 Å². The molecule has 0 aliphatic carbocycles. The zero-order valence-corrected chi connectivity index (χ0v) is 13.2. The van der Waals surface area contributed by atoms with E-state index in [1.165, 1.54) is 48.6 Å².